The molecule has 4 aliphatic carbocycles. The largest absolute Gasteiger partial charge is 0.393 e. The quantitative estimate of drug-likeness (QED) is 0.501. The summed E-state index contributed by atoms with van der Waals surface area (Å²) in [6.07, 6.45) is 17.9. The Morgan fingerprint density at radius 1 is 1.07 bits per heavy atom. The van der Waals surface area contributed by atoms with Gasteiger partial charge in [0.15, 0.2) is 0 Å². The Labute approximate surface area is 185 Å². The molecule has 4 rings (SSSR count). The molecule has 0 radical (unpaired) electrons. The first-order chi connectivity index (χ1) is 14.1. The van der Waals surface area contributed by atoms with Gasteiger partial charge in [-0.05, 0) is 99.7 Å². The fourth-order valence-corrected chi connectivity index (χ4v) is 8.28. The average molecular weight is 415 g/mol. The third-order valence-corrected chi connectivity index (χ3v) is 10.1. The summed E-state index contributed by atoms with van der Waals surface area (Å²) in [5.74, 6) is 3.10. The molecule has 0 aromatic rings. The van der Waals surface area contributed by atoms with Gasteiger partial charge in [-0.25, -0.2) is 0 Å². The Hall–Kier alpha value is -0.600. The van der Waals surface area contributed by atoms with Crippen LogP contribution in [0, 0.1) is 34.5 Å². The highest BCUT2D eigenvalue weighted by Crippen LogP contribution is 2.66. The zero-order valence-electron chi connectivity index (χ0n) is 20.2. The van der Waals surface area contributed by atoms with E-state index in [1.807, 2.05) is 13.8 Å². The maximum Gasteiger partial charge on any atom is 0.0591 e. The molecule has 3 fully saturated rings. The van der Waals surface area contributed by atoms with Crippen molar-refractivity contribution in [3.05, 3.63) is 23.3 Å². The van der Waals surface area contributed by atoms with Crippen molar-refractivity contribution in [2.45, 2.75) is 117 Å². The van der Waals surface area contributed by atoms with E-state index in [0.29, 0.717) is 16.7 Å². The van der Waals surface area contributed by atoms with E-state index >= 15 is 0 Å². The van der Waals surface area contributed by atoms with Crippen molar-refractivity contribution < 1.29 is 10.2 Å². The van der Waals surface area contributed by atoms with Gasteiger partial charge in [-0.2, -0.15) is 0 Å². The second kappa shape index (κ2) is 8.07. The third kappa shape index (κ3) is 3.85. The smallest absolute Gasteiger partial charge is 0.0591 e. The van der Waals surface area contributed by atoms with Crippen LogP contribution in [0.1, 0.15) is 105 Å². The van der Waals surface area contributed by atoms with Crippen LogP contribution in [0.4, 0.5) is 0 Å². The van der Waals surface area contributed by atoms with Gasteiger partial charge in [-0.1, -0.05) is 63.3 Å². The summed E-state index contributed by atoms with van der Waals surface area (Å²) in [5, 5.41) is 20.4. The number of hydrogen-bond donors (Lipinski definition) is 2. The molecule has 0 aromatic carbocycles. The Balaban J connectivity index is 1.53. The van der Waals surface area contributed by atoms with Gasteiger partial charge in [-0.15, -0.1) is 0 Å². The lowest BCUT2D eigenvalue weighted by Gasteiger charge is -2.55. The highest BCUT2D eigenvalue weighted by atomic mass is 16.3. The second-order valence-electron chi connectivity index (χ2n) is 12.4. The molecule has 170 valence electrons. The summed E-state index contributed by atoms with van der Waals surface area (Å²) in [6.45, 7) is 11.4. The Bertz CT molecular complexity index is 698. The minimum atomic E-state index is -0.529. The number of aliphatic hydroxyl groups excluding tert-OH is 1. The first kappa shape index (κ1) is 22.6. The van der Waals surface area contributed by atoms with Crippen LogP contribution >= 0.6 is 0 Å². The standard InChI is InChI=1S/C28H46O2/c1-6-19(8-7-15-26(2,3)30)23-11-12-24-22-10-9-20-18-21(29)13-16-27(20,4)25(22)14-17-28(23,24)5/h9-10,19,21,23-25,29-30H,6-8,11-18H2,1-5H3/t19-,21?,23?,24+,25+,27?,28-/m1/s1. The van der Waals surface area contributed by atoms with Crippen molar-refractivity contribution in [2.75, 3.05) is 0 Å². The molecule has 0 saturated heterocycles. The summed E-state index contributed by atoms with van der Waals surface area (Å²) >= 11 is 0. The van der Waals surface area contributed by atoms with E-state index in [9.17, 15) is 10.2 Å². The normalized spacial score (nSPS) is 42.0. The maximum atomic E-state index is 10.2. The number of hydrogen-bond acceptors (Lipinski definition) is 2. The minimum absolute atomic E-state index is 0.127. The van der Waals surface area contributed by atoms with Crippen LogP contribution in [-0.2, 0) is 0 Å². The van der Waals surface area contributed by atoms with Gasteiger partial charge < -0.3 is 10.2 Å². The maximum absolute atomic E-state index is 10.2. The third-order valence-electron chi connectivity index (χ3n) is 10.1. The van der Waals surface area contributed by atoms with Crippen molar-refractivity contribution >= 4 is 0 Å². The average Bonchev–Trinajstić information content (AvgIpc) is 3.02. The predicted molar refractivity (Wildman–Crippen MR) is 125 cm³/mol. The molecule has 0 heterocycles. The van der Waals surface area contributed by atoms with E-state index in [2.05, 4.69) is 32.9 Å². The van der Waals surface area contributed by atoms with E-state index in [-0.39, 0.29) is 6.10 Å². The van der Waals surface area contributed by atoms with Gasteiger partial charge in [0.05, 0.1) is 11.7 Å². The Morgan fingerprint density at radius 3 is 2.53 bits per heavy atom. The first-order valence-corrected chi connectivity index (χ1v) is 12.9. The predicted octanol–water partition coefficient (Wildman–Crippen LogP) is 6.81. The van der Waals surface area contributed by atoms with Crippen LogP contribution in [-0.4, -0.2) is 21.9 Å². The molecule has 0 aromatic heterocycles. The molecule has 2 nitrogen and oxygen atoms in total. The lowest BCUT2D eigenvalue weighted by Crippen LogP contribution is -2.46. The van der Waals surface area contributed by atoms with Crippen LogP contribution in [0.2, 0.25) is 0 Å². The minimum Gasteiger partial charge on any atom is -0.393 e. The summed E-state index contributed by atoms with van der Waals surface area (Å²) in [4.78, 5) is 0. The zero-order chi connectivity index (χ0) is 21.7. The molecule has 0 aliphatic heterocycles. The molecule has 0 amide bonds. The molecular formula is C28H46O2. The van der Waals surface area contributed by atoms with Gasteiger partial charge in [0.1, 0.15) is 0 Å². The topological polar surface area (TPSA) is 40.5 Å². The number of rotatable bonds is 6. The molecule has 3 unspecified atom stereocenters. The molecule has 0 spiro atoms. The zero-order valence-corrected chi connectivity index (χ0v) is 20.2. The molecule has 2 heteroatoms. The molecule has 7 atom stereocenters. The highest BCUT2D eigenvalue weighted by Gasteiger charge is 2.57. The van der Waals surface area contributed by atoms with Gasteiger partial charge in [0, 0.05) is 0 Å². The van der Waals surface area contributed by atoms with E-state index in [1.165, 1.54) is 44.1 Å². The summed E-state index contributed by atoms with van der Waals surface area (Å²) < 4.78 is 0. The molecule has 2 N–H and O–H groups in total. The summed E-state index contributed by atoms with van der Waals surface area (Å²) in [5.41, 5.74) is 3.50. The lowest BCUT2D eigenvalue weighted by molar-refractivity contribution is 0.0264. The van der Waals surface area contributed by atoms with E-state index in [0.717, 1.165) is 49.9 Å². The van der Waals surface area contributed by atoms with Gasteiger partial charge >= 0.3 is 0 Å². The fourth-order valence-electron chi connectivity index (χ4n) is 8.28. The van der Waals surface area contributed by atoms with E-state index < -0.39 is 5.60 Å². The van der Waals surface area contributed by atoms with Crippen molar-refractivity contribution in [2.24, 2.45) is 34.5 Å². The molecule has 0 bridgehead atoms. The summed E-state index contributed by atoms with van der Waals surface area (Å²) in [7, 11) is 0. The van der Waals surface area contributed by atoms with Crippen molar-refractivity contribution in [1.82, 2.24) is 0 Å². The van der Waals surface area contributed by atoms with Crippen molar-refractivity contribution in [1.29, 1.82) is 0 Å². The number of fused-ring (bicyclic) bond motifs is 5. The van der Waals surface area contributed by atoms with Crippen LogP contribution in [0.5, 0.6) is 0 Å². The van der Waals surface area contributed by atoms with Gasteiger partial charge in [0.25, 0.3) is 0 Å². The monoisotopic (exact) mass is 414 g/mol. The first-order valence-electron chi connectivity index (χ1n) is 12.9. The van der Waals surface area contributed by atoms with Crippen molar-refractivity contribution in [3.8, 4) is 0 Å². The van der Waals surface area contributed by atoms with E-state index in [1.54, 1.807) is 5.57 Å². The fraction of sp³-hybridized carbons (Fsp3) is 0.857. The van der Waals surface area contributed by atoms with Crippen LogP contribution in [0.3, 0.4) is 0 Å². The Morgan fingerprint density at radius 2 is 1.83 bits per heavy atom. The van der Waals surface area contributed by atoms with Crippen LogP contribution in [0.25, 0.3) is 0 Å². The van der Waals surface area contributed by atoms with E-state index in [4.69, 9.17) is 0 Å². The number of allylic oxidation sites excluding steroid dienone is 3. The van der Waals surface area contributed by atoms with Gasteiger partial charge in [-0.3, -0.25) is 0 Å². The summed E-state index contributed by atoms with van der Waals surface area (Å²) in [6, 6.07) is 0. The van der Waals surface area contributed by atoms with Crippen LogP contribution in [0.15, 0.2) is 23.3 Å². The Kier molecular flexibility index (Phi) is 6.08. The van der Waals surface area contributed by atoms with Crippen LogP contribution < -0.4 is 0 Å². The van der Waals surface area contributed by atoms with Gasteiger partial charge in [0.2, 0.25) is 0 Å². The lowest BCUT2D eigenvalue weighted by atomic mass is 9.50. The second-order valence-corrected chi connectivity index (χ2v) is 12.4. The molecule has 4 aliphatic rings. The molecular weight excluding hydrogens is 368 g/mol. The van der Waals surface area contributed by atoms with Crippen molar-refractivity contribution in [3.63, 3.8) is 0 Å². The SMILES string of the molecule is CC[C@H](CCCC(C)(C)O)C1CC[C@H]2C3=CC=C4CC(O)CCC4(C)[C@H]3CC[C@]12C. The molecule has 3 saturated carbocycles. The molecule has 30 heavy (non-hydrogen) atoms. The highest BCUT2D eigenvalue weighted by molar-refractivity contribution is 5.38. The number of aliphatic hydroxyl groups is 2.